The van der Waals surface area contributed by atoms with Gasteiger partial charge in [-0.15, -0.1) is 0 Å². The molecule has 21 heavy (non-hydrogen) atoms. The zero-order valence-electron chi connectivity index (χ0n) is 11.9. The molecule has 0 amide bonds. The third-order valence-corrected chi connectivity index (χ3v) is 4.84. The van der Waals surface area contributed by atoms with Crippen molar-refractivity contribution in [1.82, 2.24) is 10.2 Å². The lowest BCUT2D eigenvalue weighted by Gasteiger charge is -2.38. The maximum Gasteiger partial charge on any atom is 0.419 e. The van der Waals surface area contributed by atoms with Crippen LogP contribution >= 0.6 is 11.8 Å². The van der Waals surface area contributed by atoms with Crippen molar-refractivity contribution in [2.24, 2.45) is 0 Å². The molecule has 2 rings (SSSR count). The van der Waals surface area contributed by atoms with Crippen molar-refractivity contribution in [3.63, 3.8) is 0 Å². The van der Waals surface area contributed by atoms with E-state index >= 15 is 0 Å². The molecule has 1 fully saturated rings. The van der Waals surface area contributed by atoms with Gasteiger partial charge in [0.05, 0.1) is 5.56 Å². The normalized spacial score (nSPS) is 22.3. The van der Waals surface area contributed by atoms with Crippen LogP contribution in [0.3, 0.4) is 0 Å². The van der Waals surface area contributed by atoms with E-state index in [2.05, 4.69) is 10.2 Å². The number of thioether (sulfide) groups is 1. The first-order chi connectivity index (χ1) is 9.84. The first-order valence-electron chi connectivity index (χ1n) is 6.66. The van der Waals surface area contributed by atoms with E-state index in [0.717, 1.165) is 30.2 Å². The van der Waals surface area contributed by atoms with Gasteiger partial charge in [0.15, 0.2) is 0 Å². The number of likely N-dealkylation sites (N-methyl/N-ethyl adjacent to an activating group) is 2. The Hall–Kier alpha value is -0.790. The minimum Gasteiger partial charge on any atom is -0.312 e. The number of benzene rings is 1. The molecule has 1 aromatic carbocycles. The van der Waals surface area contributed by atoms with Gasteiger partial charge in [0, 0.05) is 30.1 Å². The molecule has 0 bridgehead atoms. The minimum atomic E-state index is -4.67. The van der Waals surface area contributed by atoms with Crippen LogP contribution in [0.2, 0.25) is 0 Å². The first kappa shape index (κ1) is 16.6. The van der Waals surface area contributed by atoms with Crippen LogP contribution in [-0.2, 0) is 6.18 Å². The van der Waals surface area contributed by atoms with Crippen molar-refractivity contribution < 1.29 is 17.6 Å². The largest absolute Gasteiger partial charge is 0.419 e. The molecule has 2 unspecified atom stereocenters. The van der Waals surface area contributed by atoms with Crippen LogP contribution in [0.15, 0.2) is 18.2 Å². The molecule has 0 aliphatic carbocycles. The van der Waals surface area contributed by atoms with Crippen molar-refractivity contribution in [2.45, 2.75) is 18.3 Å². The van der Waals surface area contributed by atoms with E-state index in [1.807, 2.05) is 7.05 Å². The van der Waals surface area contributed by atoms with E-state index in [1.54, 1.807) is 18.8 Å². The molecule has 1 saturated heterocycles. The fourth-order valence-corrected chi connectivity index (χ4v) is 3.86. The molecule has 0 saturated carbocycles. The molecule has 1 aromatic rings. The summed E-state index contributed by atoms with van der Waals surface area (Å²) in [6.45, 7) is 0.890. The molecule has 1 heterocycles. The second kappa shape index (κ2) is 6.54. The van der Waals surface area contributed by atoms with Crippen molar-refractivity contribution in [3.8, 4) is 0 Å². The van der Waals surface area contributed by atoms with Crippen LogP contribution < -0.4 is 5.32 Å². The molecule has 0 radical (unpaired) electrons. The number of halogens is 4. The lowest BCUT2D eigenvalue weighted by atomic mass is 9.97. The summed E-state index contributed by atoms with van der Waals surface area (Å²) < 4.78 is 51.9. The highest BCUT2D eigenvalue weighted by Gasteiger charge is 2.36. The first-order valence-corrected chi connectivity index (χ1v) is 7.82. The van der Waals surface area contributed by atoms with Crippen LogP contribution in [-0.4, -0.2) is 43.1 Å². The van der Waals surface area contributed by atoms with Crippen molar-refractivity contribution in [2.75, 3.05) is 32.1 Å². The number of rotatable bonds is 3. The van der Waals surface area contributed by atoms with E-state index in [9.17, 15) is 17.6 Å². The number of nitrogens with one attached hydrogen (secondary N) is 1. The molecule has 1 aliphatic heterocycles. The fraction of sp³-hybridized carbons (Fsp3) is 0.571. The Bertz CT molecular complexity index is 492. The third-order valence-electron chi connectivity index (χ3n) is 3.79. The molecule has 1 aliphatic rings. The Morgan fingerprint density at radius 2 is 2.10 bits per heavy atom. The average Bonchev–Trinajstić information content (AvgIpc) is 2.42. The summed E-state index contributed by atoms with van der Waals surface area (Å²) in [5.41, 5.74) is -0.739. The molecule has 0 spiro atoms. The maximum absolute atomic E-state index is 13.4. The Kier molecular flexibility index (Phi) is 5.16. The lowest BCUT2D eigenvalue weighted by molar-refractivity contribution is -0.140. The van der Waals surface area contributed by atoms with Gasteiger partial charge in [0.2, 0.25) is 0 Å². The van der Waals surface area contributed by atoms with E-state index in [1.165, 1.54) is 6.07 Å². The van der Waals surface area contributed by atoms with Gasteiger partial charge in [0.25, 0.3) is 0 Å². The summed E-state index contributed by atoms with van der Waals surface area (Å²) in [7, 11) is 3.68. The van der Waals surface area contributed by atoms with Gasteiger partial charge in [-0.3, -0.25) is 4.90 Å². The SMILES string of the molecule is CNC(c1ccc(F)c(C(F)(F)F)c1)C1CSCCN1C. The third kappa shape index (κ3) is 3.70. The van der Waals surface area contributed by atoms with Gasteiger partial charge >= 0.3 is 6.18 Å². The Morgan fingerprint density at radius 1 is 1.38 bits per heavy atom. The molecule has 2 atom stereocenters. The minimum absolute atomic E-state index is 0.0836. The van der Waals surface area contributed by atoms with Gasteiger partial charge in [-0.1, -0.05) is 6.07 Å². The van der Waals surface area contributed by atoms with Gasteiger partial charge in [-0.05, 0) is 31.8 Å². The van der Waals surface area contributed by atoms with Crippen molar-refractivity contribution >= 4 is 11.8 Å². The van der Waals surface area contributed by atoms with Gasteiger partial charge < -0.3 is 5.32 Å². The highest BCUT2D eigenvalue weighted by atomic mass is 32.2. The molecular formula is C14H18F4N2S. The molecule has 1 N–H and O–H groups in total. The fourth-order valence-electron chi connectivity index (χ4n) is 2.59. The maximum atomic E-state index is 13.4. The predicted octanol–water partition coefficient (Wildman–Crippen LogP) is 3.15. The molecule has 118 valence electrons. The van der Waals surface area contributed by atoms with E-state index in [0.29, 0.717) is 5.56 Å². The van der Waals surface area contributed by atoms with Crippen LogP contribution in [0.5, 0.6) is 0 Å². The highest BCUT2D eigenvalue weighted by molar-refractivity contribution is 7.99. The summed E-state index contributed by atoms with van der Waals surface area (Å²) >= 11 is 1.78. The molecular weight excluding hydrogens is 304 g/mol. The molecule has 0 aromatic heterocycles. The summed E-state index contributed by atoms with van der Waals surface area (Å²) in [5, 5.41) is 3.07. The van der Waals surface area contributed by atoms with Crippen LogP contribution in [0.4, 0.5) is 17.6 Å². The second-order valence-corrected chi connectivity index (χ2v) is 6.28. The van der Waals surface area contributed by atoms with Gasteiger partial charge in [-0.25, -0.2) is 4.39 Å². The zero-order chi connectivity index (χ0) is 15.6. The monoisotopic (exact) mass is 322 g/mol. The topological polar surface area (TPSA) is 15.3 Å². The van der Waals surface area contributed by atoms with E-state index in [-0.39, 0.29) is 12.1 Å². The van der Waals surface area contributed by atoms with E-state index in [4.69, 9.17) is 0 Å². The van der Waals surface area contributed by atoms with E-state index < -0.39 is 17.6 Å². The summed E-state index contributed by atoms with van der Waals surface area (Å²) in [5.74, 6) is 0.619. The Labute approximate surface area is 125 Å². The quantitative estimate of drug-likeness (QED) is 0.861. The number of alkyl halides is 3. The standard InChI is InChI=1S/C14H18F4N2S/c1-19-13(12-8-21-6-5-20(12)2)9-3-4-11(15)10(7-9)14(16,17)18/h3-4,7,12-13,19H,5-6,8H2,1-2H3. The lowest BCUT2D eigenvalue weighted by Crippen LogP contribution is -2.47. The summed E-state index contributed by atoms with van der Waals surface area (Å²) in [4.78, 5) is 2.13. The summed E-state index contributed by atoms with van der Waals surface area (Å²) in [6, 6.07) is 3.07. The number of hydrogen-bond acceptors (Lipinski definition) is 3. The van der Waals surface area contributed by atoms with Crippen LogP contribution in [0.1, 0.15) is 17.2 Å². The number of hydrogen-bond donors (Lipinski definition) is 1. The molecule has 2 nitrogen and oxygen atoms in total. The predicted molar refractivity (Wildman–Crippen MR) is 76.9 cm³/mol. The second-order valence-electron chi connectivity index (χ2n) is 5.13. The molecule has 7 heteroatoms. The zero-order valence-corrected chi connectivity index (χ0v) is 12.7. The Balaban J connectivity index is 2.34. The van der Waals surface area contributed by atoms with Gasteiger partial charge in [-0.2, -0.15) is 24.9 Å². The van der Waals surface area contributed by atoms with Crippen LogP contribution in [0.25, 0.3) is 0 Å². The van der Waals surface area contributed by atoms with Gasteiger partial charge in [0.1, 0.15) is 5.82 Å². The number of nitrogens with zero attached hydrogens (tertiary/aromatic N) is 1. The highest BCUT2D eigenvalue weighted by Crippen LogP contribution is 2.34. The van der Waals surface area contributed by atoms with Crippen molar-refractivity contribution in [1.29, 1.82) is 0 Å². The Morgan fingerprint density at radius 3 is 2.67 bits per heavy atom. The van der Waals surface area contributed by atoms with Crippen molar-refractivity contribution in [3.05, 3.63) is 35.1 Å². The average molecular weight is 322 g/mol. The summed E-state index contributed by atoms with van der Waals surface area (Å²) in [6.07, 6.45) is -4.67. The van der Waals surface area contributed by atoms with Crippen LogP contribution in [0, 0.1) is 5.82 Å². The smallest absolute Gasteiger partial charge is 0.312 e.